The Kier molecular flexibility index (Phi) is 6.88. The molecule has 20 heavy (non-hydrogen) atoms. The summed E-state index contributed by atoms with van der Waals surface area (Å²) in [5.74, 6) is 0.521. The van der Waals surface area contributed by atoms with Gasteiger partial charge < -0.3 is 15.8 Å². The number of nitrogens with zero attached hydrogens (tertiary/aromatic N) is 1. The quantitative estimate of drug-likeness (QED) is 0.870. The highest BCUT2D eigenvalue weighted by Gasteiger charge is 2.22. The van der Waals surface area contributed by atoms with E-state index >= 15 is 0 Å². The third-order valence-corrected chi connectivity index (χ3v) is 4.57. The Bertz CT molecular complexity index is 453. The second-order valence-electron chi connectivity index (χ2n) is 4.96. The maximum Gasteiger partial charge on any atom is 0.245 e. The topological polar surface area (TPSA) is 77.2 Å². The summed E-state index contributed by atoms with van der Waals surface area (Å²) >= 11 is 1.58. The van der Waals surface area contributed by atoms with Crippen LogP contribution in [0.4, 0.5) is 5.13 Å². The van der Waals surface area contributed by atoms with Crippen LogP contribution in [-0.4, -0.2) is 30.6 Å². The number of carbonyl (C=O) groups is 1. The van der Waals surface area contributed by atoms with Gasteiger partial charge in [-0.15, -0.1) is 23.7 Å². The van der Waals surface area contributed by atoms with Crippen LogP contribution >= 0.6 is 23.7 Å². The number of aromatic nitrogens is 1. The molecule has 7 heteroatoms. The molecule has 2 atom stereocenters. The van der Waals surface area contributed by atoms with Gasteiger partial charge in [0.25, 0.3) is 0 Å². The normalized spacial score (nSPS) is 18.9. The van der Waals surface area contributed by atoms with Gasteiger partial charge in [0.2, 0.25) is 5.91 Å². The molecule has 1 amide bonds. The number of nitrogens with two attached hydrogens (primary N) is 1. The van der Waals surface area contributed by atoms with Crippen LogP contribution in [-0.2, 0) is 22.4 Å². The van der Waals surface area contributed by atoms with Gasteiger partial charge in [0.05, 0.1) is 12.3 Å². The molecule has 1 aromatic rings. The van der Waals surface area contributed by atoms with E-state index < -0.39 is 6.04 Å². The lowest BCUT2D eigenvalue weighted by molar-refractivity contribution is -0.118. The van der Waals surface area contributed by atoms with Crippen molar-refractivity contribution in [2.75, 3.05) is 19.0 Å². The fraction of sp³-hybridized carbons (Fsp3) is 0.692. The molecule has 1 aliphatic rings. The first-order chi connectivity index (χ1) is 9.13. The second-order valence-corrected chi connectivity index (χ2v) is 6.04. The van der Waals surface area contributed by atoms with Crippen molar-refractivity contribution in [2.45, 2.75) is 38.6 Å². The lowest BCUT2D eigenvalue weighted by atomic mass is 9.89. The molecule has 0 spiro atoms. The van der Waals surface area contributed by atoms with E-state index in [2.05, 4.69) is 17.2 Å². The van der Waals surface area contributed by atoms with Crippen molar-refractivity contribution in [1.29, 1.82) is 0 Å². The highest BCUT2D eigenvalue weighted by molar-refractivity contribution is 7.15. The minimum Gasteiger partial charge on any atom is -0.383 e. The molecule has 0 aliphatic heterocycles. The van der Waals surface area contributed by atoms with Crippen molar-refractivity contribution < 1.29 is 9.53 Å². The Labute approximate surface area is 129 Å². The molecule has 1 heterocycles. The zero-order valence-corrected chi connectivity index (χ0v) is 13.5. The number of hydrogen-bond donors (Lipinski definition) is 2. The van der Waals surface area contributed by atoms with Crippen LogP contribution in [0.15, 0.2) is 0 Å². The average Bonchev–Trinajstić information content (AvgIpc) is 2.79. The van der Waals surface area contributed by atoms with Gasteiger partial charge in [-0.2, -0.15) is 0 Å². The number of anilines is 1. The highest BCUT2D eigenvalue weighted by atomic mass is 35.5. The van der Waals surface area contributed by atoms with Gasteiger partial charge >= 0.3 is 0 Å². The fourth-order valence-electron chi connectivity index (χ4n) is 2.30. The summed E-state index contributed by atoms with van der Waals surface area (Å²) in [4.78, 5) is 17.6. The third-order valence-electron chi connectivity index (χ3n) is 3.53. The molecule has 1 aliphatic carbocycles. The van der Waals surface area contributed by atoms with Crippen LogP contribution in [0.5, 0.6) is 0 Å². The molecule has 0 bridgehead atoms. The van der Waals surface area contributed by atoms with E-state index in [0.717, 1.165) is 24.5 Å². The van der Waals surface area contributed by atoms with E-state index in [-0.39, 0.29) is 24.9 Å². The van der Waals surface area contributed by atoms with E-state index in [1.165, 1.54) is 24.8 Å². The number of fused-ring (bicyclic) bond motifs is 1. The van der Waals surface area contributed by atoms with Gasteiger partial charge in [-0.1, -0.05) is 13.3 Å². The number of nitrogens with one attached hydrogen (secondary N) is 1. The Morgan fingerprint density at radius 2 is 2.40 bits per heavy atom. The van der Waals surface area contributed by atoms with Gasteiger partial charge in [-0.3, -0.25) is 4.79 Å². The third kappa shape index (κ3) is 4.15. The first-order valence-electron chi connectivity index (χ1n) is 6.68. The Balaban J connectivity index is 0.00000200. The molecule has 0 radical (unpaired) electrons. The molecule has 3 N–H and O–H groups in total. The molecule has 2 rings (SSSR count). The van der Waals surface area contributed by atoms with Crippen LogP contribution in [0.25, 0.3) is 0 Å². The van der Waals surface area contributed by atoms with Gasteiger partial charge in [-0.05, 0) is 25.2 Å². The molecule has 2 unspecified atom stereocenters. The van der Waals surface area contributed by atoms with E-state index in [1.54, 1.807) is 11.3 Å². The SMILES string of the molecule is CCC1CCc2nc(NC(=O)C(N)COC)sc2C1.Cl. The minimum atomic E-state index is -0.644. The van der Waals surface area contributed by atoms with Crippen molar-refractivity contribution in [2.24, 2.45) is 11.7 Å². The first-order valence-corrected chi connectivity index (χ1v) is 7.49. The molecule has 1 aromatic heterocycles. The van der Waals surface area contributed by atoms with E-state index in [9.17, 15) is 4.79 Å². The van der Waals surface area contributed by atoms with Crippen molar-refractivity contribution >= 4 is 34.8 Å². The number of carbonyl (C=O) groups excluding carboxylic acids is 1. The number of methoxy groups -OCH3 is 1. The predicted molar refractivity (Wildman–Crippen MR) is 83.6 cm³/mol. The number of halogens is 1. The fourth-order valence-corrected chi connectivity index (χ4v) is 3.42. The summed E-state index contributed by atoms with van der Waals surface area (Å²) in [6.45, 7) is 2.44. The molecule has 0 saturated carbocycles. The zero-order valence-electron chi connectivity index (χ0n) is 11.8. The van der Waals surface area contributed by atoms with Gasteiger partial charge in [0.1, 0.15) is 6.04 Å². The number of rotatable bonds is 5. The summed E-state index contributed by atoms with van der Waals surface area (Å²) in [6, 6.07) is -0.644. The van der Waals surface area contributed by atoms with E-state index in [4.69, 9.17) is 10.5 Å². The summed E-state index contributed by atoms with van der Waals surface area (Å²) in [5.41, 5.74) is 6.82. The number of aryl methyl sites for hydroxylation is 1. The summed E-state index contributed by atoms with van der Waals surface area (Å²) in [6.07, 6.45) is 4.51. The molecular weight excluding hydrogens is 298 g/mol. The number of hydrogen-bond acceptors (Lipinski definition) is 5. The molecule has 0 saturated heterocycles. The standard InChI is InChI=1S/C13H21N3O2S.ClH/c1-3-8-4-5-10-11(6-8)19-13(15-10)16-12(17)9(14)7-18-2;/h8-9H,3-7,14H2,1-2H3,(H,15,16,17);1H. The van der Waals surface area contributed by atoms with Crippen LogP contribution in [0, 0.1) is 5.92 Å². The van der Waals surface area contributed by atoms with Gasteiger partial charge in [0, 0.05) is 12.0 Å². The lowest BCUT2D eigenvalue weighted by Crippen LogP contribution is -2.39. The summed E-state index contributed by atoms with van der Waals surface area (Å²) < 4.78 is 4.87. The van der Waals surface area contributed by atoms with Crippen molar-refractivity contribution in [3.8, 4) is 0 Å². The monoisotopic (exact) mass is 319 g/mol. The van der Waals surface area contributed by atoms with Crippen molar-refractivity contribution in [1.82, 2.24) is 4.98 Å². The lowest BCUT2D eigenvalue weighted by Gasteiger charge is -2.18. The largest absolute Gasteiger partial charge is 0.383 e. The van der Waals surface area contributed by atoms with Crippen LogP contribution < -0.4 is 11.1 Å². The zero-order chi connectivity index (χ0) is 13.8. The first kappa shape index (κ1) is 17.4. The number of thiazole rings is 1. The maximum absolute atomic E-state index is 11.8. The number of amides is 1. The molecule has 0 aromatic carbocycles. The second kappa shape index (κ2) is 7.93. The van der Waals surface area contributed by atoms with E-state index in [0.29, 0.717) is 5.13 Å². The van der Waals surface area contributed by atoms with Crippen LogP contribution in [0.3, 0.4) is 0 Å². The Morgan fingerprint density at radius 1 is 1.65 bits per heavy atom. The smallest absolute Gasteiger partial charge is 0.245 e. The highest BCUT2D eigenvalue weighted by Crippen LogP contribution is 2.33. The van der Waals surface area contributed by atoms with Gasteiger partial charge in [-0.25, -0.2) is 4.98 Å². The van der Waals surface area contributed by atoms with E-state index in [1.807, 2.05) is 0 Å². The predicted octanol–water partition coefficient (Wildman–Crippen LogP) is 1.99. The Morgan fingerprint density at radius 3 is 3.05 bits per heavy atom. The molecule has 5 nitrogen and oxygen atoms in total. The van der Waals surface area contributed by atoms with Gasteiger partial charge in [0.15, 0.2) is 5.13 Å². The average molecular weight is 320 g/mol. The van der Waals surface area contributed by atoms with Crippen molar-refractivity contribution in [3.63, 3.8) is 0 Å². The van der Waals surface area contributed by atoms with Crippen molar-refractivity contribution in [3.05, 3.63) is 10.6 Å². The van der Waals surface area contributed by atoms with Crippen LogP contribution in [0.2, 0.25) is 0 Å². The van der Waals surface area contributed by atoms with Crippen LogP contribution in [0.1, 0.15) is 30.3 Å². The molecular formula is C13H22ClN3O2S. The Hall–Kier alpha value is -0.690. The minimum absolute atomic E-state index is 0. The molecule has 114 valence electrons. The summed E-state index contributed by atoms with van der Waals surface area (Å²) in [7, 11) is 1.53. The summed E-state index contributed by atoms with van der Waals surface area (Å²) in [5, 5.41) is 3.45. The number of ether oxygens (including phenoxy) is 1. The molecule has 0 fully saturated rings. The maximum atomic E-state index is 11.8.